The second-order valence-electron chi connectivity index (χ2n) is 7.44. The lowest BCUT2D eigenvalue weighted by molar-refractivity contribution is -0.139. The number of aryl methyl sites for hydroxylation is 1. The minimum Gasteiger partial charge on any atom is -0.463 e. The molecule has 0 aromatic heterocycles. The van der Waals surface area contributed by atoms with Crippen LogP contribution in [0.3, 0.4) is 0 Å². The fourth-order valence-corrected chi connectivity index (χ4v) is 2.95. The third-order valence-corrected chi connectivity index (χ3v) is 4.17. The van der Waals surface area contributed by atoms with E-state index in [9.17, 15) is 9.59 Å². The van der Waals surface area contributed by atoms with Gasteiger partial charge in [0, 0.05) is 18.7 Å². The number of hydrogen-bond donors (Lipinski definition) is 0. The zero-order valence-electron chi connectivity index (χ0n) is 16.2. The summed E-state index contributed by atoms with van der Waals surface area (Å²) >= 11 is 0. The number of nitrogens with zero attached hydrogens (tertiary/aromatic N) is 1. The van der Waals surface area contributed by atoms with Gasteiger partial charge >= 0.3 is 12.1 Å². The minimum atomic E-state index is -0.535. The van der Waals surface area contributed by atoms with Crippen LogP contribution in [-0.4, -0.2) is 42.3 Å². The van der Waals surface area contributed by atoms with Crippen LogP contribution < -0.4 is 0 Å². The molecule has 0 saturated heterocycles. The van der Waals surface area contributed by atoms with Gasteiger partial charge in [0.2, 0.25) is 0 Å². The molecule has 0 atom stereocenters. The van der Waals surface area contributed by atoms with Crippen LogP contribution in [0.25, 0.3) is 0 Å². The predicted octanol–water partition coefficient (Wildman–Crippen LogP) is 4.12. The summed E-state index contributed by atoms with van der Waals surface area (Å²) in [6, 6.07) is 10.1. The molecule has 0 unspecified atom stereocenters. The highest BCUT2D eigenvalue weighted by molar-refractivity contribution is 5.90. The molecule has 2 rings (SSSR count). The van der Waals surface area contributed by atoms with Gasteiger partial charge in [0.15, 0.2) is 0 Å². The smallest absolute Gasteiger partial charge is 0.410 e. The van der Waals surface area contributed by atoms with E-state index in [1.54, 1.807) is 11.8 Å². The van der Waals surface area contributed by atoms with Gasteiger partial charge in [-0.25, -0.2) is 9.59 Å². The van der Waals surface area contributed by atoms with Crippen LogP contribution in [0.15, 0.2) is 41.5 Å². The average Bonchev–Trinajstić information content (AvgIpc) is 2.59. The number of amides is 1. The molecule has 5 heteroatoms. The minimum absolute atomic E-state index is 0.264. The van der Waals surface area contributed by atoms with E-state index in [4.69, 9.17) is 9.47 Å². The molecule has 5 nitrogen and oxygen atoms in total. The van der Waals surface area contributed by atoms with Crippen molar-refractivity contribution in [2.24, 2.45) is 0 Å². The molecule has 26 heavy (non-hydrogen) atoms. The first-order chi connectivity index (χ1) is 12.3. The van der Waals surface area contributed by atoms with Gasteiger partial charge in [-0.1, -0.05) is 30.3 Å². The fraction of sp³-hybridized carbons (Fsp3) is 0.524. The molecule has 1 aromatic carbocycles. The summed E-state index contributed by atoms with van der Waals surface area (Å²) in [5.41, 5.74) is 2.34. The Labute approximate surface area is 156 Å². The number of ether oxygens (including phenoxy) is 2. The van der Waals surface area contributed by atoms with Crippen LogP contribution in [-0.2, 0) is 20.7 Å². The van der Waals surface area contributed by atoms with Gasteiger partial charge in [0.1, 0.15) is 5.60 Å². The van der Waals surface area contributed by atoms with Gasteiger partial charge in [-0.2, -0.15) is 0 Å². The van der Waals surface area contributed by atoms with E-state index in [0.29, 0.717) is 31.7 Å². The van der Waals surface area contributed by atoms with Crippen molar-refractivity contribution in [1.82, 2.24) is 4.90 Å². The van der Waals surface area contributed by atoms with E-state index in [1.807, 2.05) is 39.0 Å². The summed E-state index contributed by atoms with van der Waals surface area (Å²) in [6.07, 6.45) is 1.71. The van der Waals surface area contributed by atoms with E-state index in [2.05, 4.69) is 12.1 Å². The molecule has 1 aromatic rings. The van der Waals surface area contributed by atoms with Crippen molar-refractivity contribution < 1.29 is 19.1 Å². The Hall–Kier alpha value is -2.30. The van der Waals surface area contributed by atoms with Crippen molar-refractivity contribution in [2.75, 3.05) is 19.7 Å². The molecule has 0 radical (unpaired) electrons. The highest BCUT2D eigenvalue weighted by Gasteiger charge is 2.29. The maximum absolute atomic E-state index is 12.4. The maximum Gasteiger partial charge on any atom is 0.410 e. The van der Waals surface area contributed by atoms with E-state index in [0.717, 1.165) is 18.4 Å². The number of esters is 1. The van der Waals surface area contributed by atoms with Crippen molar-refractivity contribution >= 4 is 12.1 Å². The Morgan fingerprint density at radius 3 is 2.42 bits per heavy atom. The molecular weight excluding hydrogens is 330 g/mol. The summed E-state index contributed by atoms with van der Waals surface area (Å²) in [5.74, 6) is -0.264. The van der Waals surface area contributed by atoms with Crippen LogP contribution in [0.4, 0.5) is 4.79 Å². The third kappa shape index (κ3) is 5.90. The molecule has 1 amide bonds. The van der Waals surface area contributed by atoms with E-state index >= 15 is 0 Å². The van der Waals surface area contributed by atoms with Gasteiger partial charge in [-0.15, -0.1) is 0 Å². The van der Waals surface area contributed by atoms with Gasteiger partial charge < -0.3 is 14.4 Å². The molecule has 0 N–H and O–H groups in total. The summed E-state index contributed by atoms with van der Waals surface area (Å²) in [6.45, 7) is 8.59. The second-order valence-corrected chi connectivity index (χ2v) is 7.44. The Morgan fingerprint density at radius 2 is 1.81 bits per heavy atom. The number of carbonyl (C=O) groups is 2. The number of carbonyl (C=O) groups excluding carboxylic acids is 2. The third-order valence-electron chi connectivity index (χ3n) is 4.17. The maximum atomic E-state index is 12.4. The molecule has 0 aliphatic carbocycles. The lowest BCUT2D eigenvalue weighted by Crippen LogP contribution is -2.41. The number of rotatable bonds is 5. The molecule has 1 aliphatic rings. The molecule has 1 heterocycles. The standard InChI is InChI=1S/C21H29NO4/c1-5-25-19(23)18-13-14-22(20(24)26-21(2,3)4)15-17(18)12-11-16-9-7-6-8-10-16/h6-10H,5,11-15H2,1-4H3. The lowest BCUT2D eigenvalue weighted by Gasteiger charge is -2.32. The van der Waals surface area contributed by atoms with Crippen molar-refractivity contribution in [3.05, 3.63) is 47.0 Å². The van der Waals surface area contributed by atoms with Gasteiger partial charge in [0.05, 0.1) is 6.61 Å². The summed E-state index contributed by atoms with van der Waals surface area (Å²) in [4.78, 5) is 26.4. The Morgan fingerprint density at radius 1 is 1.12 bits per heavy atom. The molecule has 0 fully saturated rings. The zero-order valence-corrected chi connectivity index (χ0v) is 16.2. The average molecular weight is 359 g/mol. The van der Waals surface area contributed by atoms with Crippen LogP contribution in [0.1, 0.15) is 46.1 Å². The first-order valence-electron chi connectivity index (χ1n) is 9.20. The largest absolute Gasteiger partial charge is 0.463 e. The fourth-order valence-electron chi connectivity index (χ4n) is 2.95. The topological polar surface area (TPSA) is 55.8 Å². The number of hydrogen-bond acceptors (Lipinski definition) is 4. The first kappa shape index (κ1) is 20.0. The normalized spacial score (nSPS) is 15.0. The summed E-state index contributed by atoms with van der Waals surface area (Å²) in [7, 11) is 0. The summed E-state index contributed by atoms with van der Waals surface area (Å²) in [5, 5.41) is 0. The lowest BCUT2D eigenvalue weighted by atomic mass is 9.94. The Bertz CT molecular complexity index is 658. The van der Waals surface area contributed by atoms with Crippen molar-refractivity contribution in [3.8, 4) is 0 Å². The Balaban J connectivity index is 2.14. The second kappa shape index (κ2) is 8.88. The van der Waals surface area contributed by atoms with E-state index in [1.165, 1.54) is 5.56 Å². The highest BCUT2D eigenvalue weighted by Crippen LogP contribution is 2.25. The van der Waals surface area contributed by atoms with Crippen molar-refractivity contribution in [1.29, 1.82) is 0 Å². The quantitative estimate of drug-likeness (QED) is 0.742. The summed E-state index contributed by atoms with van der Waals surface area (Å²) < 4.78 is 10.7. The molecule has 1 aliphatic heterocycles. The zero-order chi connectivity index (χ0) is 19.2. The monoisotopic (exact) mass is 359 g/mol. The molecule has 142 valence electrons. The van der Waals surface area contributed by atoms with Crippen LogP contribution in [0.5, 0.6) is 0 Å². The van der Waals surface area contributed by atoms with Gasteiger partial charge in [0.25, 0.3) is 0 Å². The van der Waals surface area contributed by atoms with Crippen LogP contribution in [0.2, 0.25) is 0 Å². The molecule has 0 saturated carbocycles. The van der Waals surface area contributed by atoms with Crippen LogP contribution >= 0.6 is 0 Å². The first-order valence-corrected chi connectivity index (χ1v) is 9.20. The molecule has 0 spiro atoms. The van der Waals surface area contributed by atoms with Gasteiger partial charge in [-0.3, -0.25) is 0 Å². The predicted molar refractivity (Wildman–Crippen MR) is 101 cm³/mol. The highest BCUT2D eigenvalue weighted by atomic mass is 16.6. The van der Waals surface area contributed by atoms with Gasteiger partial charge in [-0.05, 0) is 58.1 Å². The van der Waals surface area contributed by atoms with Crippen molar-refractivity contribution in [3.63, 3.8) is 0 Å². The molecular formula is C21H29NO4. The number of benzene rings is 1. The van der Waals surface area contributed by atoms with E-state index < -0.39 is 5.60 Å². The van der Waals surface area contributed by atoms with Crippen molar-refractivity contribution in [2.45, 2.75) is 52.6 Å². The SMILES string of the molecule is CCOC(=O)C1=C(CCc2ccccc2)CN(C(=O)OC(C)(C)C)CC1. The van der Waals surface area contributed by atoms with Crippen LogP contribution in [0, 0.1) is 0 Å². The molecule has 0 bridgehead atoms. The van der Waals surface area contributed by atoms with E-state index in [-0.39, 0.29) is 12.1 Å². The Kier molecular flexibility index (Phi) is 6.83.